The minimum atomic E-state index is 0.0898. The van der Waals surface area contributed by atoms with E-state index in [1.165, 1.54) is 11.1 Å². The Morgan fingerprint density at radius 1 is 0.438 bits per heavy atom. The third kappa shape index (κ3) is 21.3. The lowest BCUT2D eigenvalue weighted by atomic mass is 10.0. The van der Waals surface area contributed by atoms with Crippen molar-refractivity contribution in [3.05, 3.63) is 208 Å². The maximum atomic E-state index is 12.9. The number of nitrogens with zero attached hydrogens (tertiary/aromatic N) is 9. The second-order valence-corrected chi connectivity index (χ2v) is 17.7. The summed E-state index contributed by atoms with van der Waals surface area (Å²) in [6, 6.07) is 41.6. The van der Waals surface area contributed by atoms with E-state index in [2.05, 4.69) is 121 Å². The van der Waals surface area contributed by atoms with Crippen LogP contribution >= 0.6 is 0 Å². The summed E-state index contributed by atoms with van der Waals surface area (Å²) in [5.41, 5.74) is 10.8. The highest BCUT2D eigenvalue weighted by Gasteiger charge is 2.16. The maximum Gasteiger partial charge on any atom is 0.167 e. The molecule has 424 valence electrons. The molecule has 0 spiro atoms. The van der Waals surface area contributed by atoms with Crippen LogP contribution in [0.25, 0.3) is 11.3 Å². The van der Waals surface area contributed by atoms with Crippen LogP contribution in [0.5, 0.6) is 0 Å². The summed E-state index contributed by atoms with van der Waals surface area (Å²) in [6.45, 7) is 34.8. The second-order valence-electron chi connectivity index (χ2n) is 17.7. The van der Waals surface area contributed by atoms with Crippen molar-refractivity contribution in [1.82, 2.24) is 43.6 Å². The first kappa shape index (κ1) is 66.8. The van der Waals surface area contributed by atoms with Crippen LogP contribution in [0.2, 0.25) is 0 Å². The molecule has 0 atom stereocenters. The minimum Gasteiger partial charge on any atom is -0.304 e. The molecule has 0 N–H and O–H groups in total. The van der Waals surface area contributed by atoms with Crippen molar-refractivity contribution in [2.24, 2.45) is 0 Å². The highest BCUT2D eigenvalue weighted by atomic mass is 16.1. The first-order valence-electron chi connectivity index (χ1n) is 29.3. The SMILES string of the molecule is CC.CC.CC.CC.CC.CC.CN1CCN(Cc2ccc(CC(=O)c3cccc(C#Cc4cnc5ccccn45)c3)cc2)CC1.CN1CCN(Cc2ccc(CC(=O)c3cccc(C#Cc4cnc5cccnn45)c3)cc2)CC1. The quantitative estimate of drug-likeness (QED) is 0.0980. The number of hydrogen-bond donors (Lipinski definition) is 0. The molecule has 0 unspecified atom stereocenters. The average Bonchev–Trinajstić information content (AvgIpc) is 4.16. The number of rotatable bonds is 10. The van der Waals surface area contributed by atoms with Gasteiger partial charge in [0.25, 0.3) is 0 Å². The van der Waals surface area contributed by atoms with E-state index in [4.69, 9.17) is 0 Å². The zero-order valence-electron chi connectivity index (χ0n) is 50.8. The van der Waals surface area contributed by atoms with Crippen LogP contribution in [0.1, 0.15) is 149 Å². The van der Waals surface area contributed by atoms with Gasteiger partial charge in [-0.05, 0) is 96.7 Å². The molecule has 11 nitrogen and oxygen atoms in total. The number of hydrogen-bond acceptors (Lipinski definition) is 9. The first-order chi connectivity index (χ1) is 39.3. The Morgan fingerprint density at radius 2 is 0.850 bits per heavy atom. The fourth-order valence-electron chi connectivity index (χ4n) is 8.38. The lowest BCUT2D eigenvalue weighted by molar-refractivity contribution is 0.0984. The molecule has 11 heteroatoms. The number of fused-ring (bicyclic) bond motifs is 2. The molecule has 0 saturated carbocycles. The number of piperazine rings is 2. The van der Waals surface area contributed by atoms with Crippen molar-refractivity contribution >= 4 is 22.9 Å². The van der Waals surface area contributed by atoms with Gasteiger partial charge in [-0.2, -0.15) is 5.10 Å². The summed E-state index contributed by atoms with van der Waals surface area (Å²) in [6.07, 6.45) is 7.89. The van der Waals surface area contributed by atoms with Gasteiger partial charge in [0, 0.05) is 113 Å². The first-order valence-corrected chi connectivity index (χ1v) is 29.3. The van der Waals surface area contributed by atoms with E-state index in [0.717, 1.165) is 105 Å². The Balaban J connectivity index is 0.000000354. The monoisotopic (exact) mass is 1080 g/mol. The van der Waals surface area contributed by atoms with Gasteiger partial charge in [-0.1, -0.05) is 174 Å². The van der Waals surface area contributed by atoms with Crippen LogP contribution in [0.15, 0.2) is 152 Å². The summed E-state index contributed by atoms with van der Waals surface area (Å²) < 4.78 is 3.66. The summed E-state index contributed by atoms with van der Waals surface area (Å²) >= 11 is 0. The van der Waals surface area contributed by atoms with Crippen molar-refractivity contribution < 1.29 is 9.59 Å². The van der Waals surface area contributed by atoms with Crippen LogP contribution in [-0.2, 0) is 25.9 Å². The zero-order valence-corrected chi connectivity index (χ0v) is 50.8. The molecule has 0 bridgehead atoms. The number of carbonyl (C=O) groups excluding carboxylic acids is 2. The van der Waals surface area contributed by atoms with Gasteiger partial charge in [-0.25, -0.2) is 14.5 Å². The third-order valence-electron chi connectivity index (χ3n) is 12.5. The van der Waals surface area contributed by atoms with E-state index in [1.807, 2.05) is 173 Å². The fourth-order valence-corrected chi connectivity index (χ4v) is 8.38. The Hall–Kier alpha value is -7.51. The largest absolute Gasteiger partial charge is 0.304 e. The molecule has 8 aromatic rings. The van der Waals surface area contributed by atoms with E-state index < -0.39 is 0 Å². The van der Waals surface area contributed by atoms with Crippen LogP contribution in [0.3, 0.4) is 0 Å². The Morgan fingerprint density at radius 3 is 1.32 bits per heavy atom. The molecule has 0 amide bonds. The minimum absolute atomic E-state index is 0.0898. The van der Waals surface area contributed by atoms with Gasteiger partial charge in [-0.15, -0.1) is 0 Å². The van der Waals surface area contributed by atoms with Crippen molar-refractivity contribution in [2.45, 2.75) is 109 Å². The average molecular weight is 1080 g/mol. The van der Waals surface area contributed by atoms with Crippen molar-refractivity contribution in [3.63, 3.8) is 0 Å². The fraction of sp³-hybridized carbons (Fsp3) is 0.377. The van der Waals surface area contributed by atoms with E-state index in [1.54, 1.807) is 23.1 Å². The normalized spacial score (nSPS) is 12.9. The molecule has 2 aliphatic heterocycles. The smallest absolute Gasteiger partial charge is 0.167 e. The predicted molar refractivity (Wildman–Crippen MR) is 336 cm³/mol. The summed E-state index contributed by atoms with van der Waals surface area (Å²) in [7, 11) is 4.34. The highest BCUT2D eigenvalue weighted by Crippen LogP contribution is 2.16. The number of carbonyl (C=O) groups is 2. The topological polar surface area (TPSA) is 94.6 Å². The Labute approximate surface area is 481 Å². The van der Waals surface area contributed by atoms with Gasteiger partial charge < -0.3 is 9.80 Å². The molecule has 10 rings (SSSR count). The van der Waals surface area contributed by atoms with Gasteiger partial charge in [-0.3, -0.25) is 23.8 Å². The predicted octanol–water partition coefficient (Wildman–Crippen LogP) is 13.4. The standard InChI is InChI=1S/C29H28N4O.C28H27N5O.6C2H6/c1-31-15-17-32(18-16-31)22-25-10-8-24(9-11-25)20-28(34)26-6-4-5-23(19-26)12-13-27-21-30-29-7-2-3-14-33(27)29;1-31-14-16-32(17-15-31)21-24-9-7-23(8-10-24)19-27(34)25-5-2-4-22(18-25)11-12-26-20-29-28-6-3-13-30-33(26)28;6*1-2/h2-11,14,19,21H,15-18,20,22H2,1H3;2-10,13,18,20H,14-17,19,21H2,1H3;6*1-2H3. The molecule has 2 aliphatic rings. The van der Waals surface area contributed by atoms with Crippen LogP contribution in [0, 0.1) is 23.7 Å². The van der Waals surface area contributed by atoms with Gasteiger partial charge in [0.05, 0.1) is 12.4 Å². The van der Waals surface area contributed by atoms with E-state index in [9.17, 15) is 9.59 Å². The van der Waals surface area contributed by atoms with Crippen molar-refractivity contribution in [1.29, 1.82) is 0 Å². The number of imidazole rings is 2. The van der Waals surface area contributed by atoms with Crippen molar-refractivity contribution in [2.75, 3.05) is 66.5 Å². The van der Waals surface area contributed by atoms with E-state index in [-0.39, 0.29) is 11.6 Å². The molecule has 80 heavy (non-hydrogen) atoms. The van der Waals surface area contributed by atoms with Crippen LogP contribution in [0.4, 0.5) is 0 Å². The van der Waals surface area contributed by atoms with Gasteiger partial charge in [0.1, 0.15) is 17.0 Å². The lowest BCUT2D eigenvalue weighted by Gasteiger charge is -2.32. The molecule has 0 aliphatic carbocycles. The van der Waals surface area contributed by atoms with Crippen molar-refractivity contribution in [3.8, 4) is 23.7 Å². The molecule has 6 heterocycles. The Bertz CT molecular complexity index is 2920. The molecule has 4 aromatic carbocycles. The zero-order chi connectivity index (χ0) is 58.7. The van der Waals surface area contributed by atoms with Gasteiger partial charge in [0.2, 0.25) is 0 Å². The highest BCUT2D eigenvalue weighted by molar-refractivity contribution is 5.98. The molecule has 4 aromatic heterocycles. The lowest BCUT2D eigenvalue weighted by Crippen LogP contribution is -2.43. The van der Waals surface area contributed by atoms with Crippen LogP contribution < -0.4 is 0 Å². The summed E-state index contributed by atoms with van der Waals surface area (Å²) in [5.74, 6) is 12.8. The van der Waals surface area contributed by atoms with Crippen LogP contribution in [-0.4, -0.2) is 122 Å². The number of pyridine rings is 1. The number of likely N-dealkylation sites (N-methyl/N-ethyl adjacent to an activating group) is 2. The maximum absolute atomic E-state index is 12.9. The molecule has 0 radical (unpaired) electrons. The summed E-state index contributed by atoms with van der Waals surface area (Å²) in [4.78, 5) is 44.2. The third-order valence-corrected chi connectivity index (χ3v) is 12.5. The second kappa shape index (κ2) is 38.2. The number of aromatic nitrogens is 5. The van der Waals surface area contributed by atoms with E-state index >= 15 is 0 Å². The number of ketones is 2. The van der Waals surface area contributed by atoms with Gasteiger partial charge >= 0.3 is 0 Å². The Kier molecular flexibility index (Phi) is 31.8. The van der Waals surface area contributed by atoms with Gasteiger partial charge in [0.15, 0.2) is 17.2 Å². The summed E-state index contributed by atoms with van der Waals surface area (Å²) in [5, 5.41) is 4.28. The molecular weight excluding hydrogens is 987 g/mol. The number of Topliss-reactive ketones (excluding diaryl/α,β-unsaturated/α-hetero) is 2. The number of benzene rings is 4. The van der Waals surface area contributed by atoms with E-state index in [0.29, 0.717) is 29.7 Å². The molecule has 2 fully saturated rings. The molecular formula is C69H91N9O2. The molecule has 2 saturated heterocycles.